The highest BCUT2D eigenvalue weighted by molar-refractivity contribution is 5.48. The minimum absolute atomic E-state index is 0.346. The molecule has 0 aliphatic carbocycles. The van der Waals surface area contributed by atoms with Gasteiger partial charge in [0.15, 0.2) is 11.6 Å². The van der Waals surface area contributed by atoms with Crippen LogP contribution < -0.4 is 5.32 Å². The molecule has 2 heterocycles. The molecule has 3 rings (SSSR count). The number of fused-ring (bicyclic) bond motifs is 1. The number of aryl methyl sites for hydroxylation is 1. The number of anilines is 1. The van der Waals surface area contributed by atoms with E-state index in [9.17, 15) is 4.39 Å². The second-order valence-corrected chi connectivity index (χ2v) is 4.59. The molecular weight excluding hydrogens is 257 g/mol. The normalized spacial score (nSPS) is 10.9. The van der Waals surface area contributed by atoms with Gasteiger partial charge >= 0.3 is 0 Å². The van der Waals surface area contributed by atoms with Crippen LogP contribution in [-0.4, -0.2) is 14.5 Å². The van der Waals surface area contributed by atoms with Crippen LogP contribution in [0.2, 0.25) is 0 Å². The lowest BCUT2D eigenvalue weighted by Crippen LogP contribution is -2.04. The lowest BCUT2D eigenvalue weighted by Gasteiger charge is -2.08. The standard InChI is InChI=1S/C15H14FN3O/c1-10-13(19-7-3-2-4-15(19)18-10)9-17-11-5-6-14(20)12(16)8-11/h2-8,17,20H,9H2,1H3. The Balaban J connectivity index is 1.86. The van der Waals surface area contributed by atoms with Crippen LogP contribution in [0.25, 0.3) is 5.65 Å². The third-order valence-corrected chi connectivity index (χ3v) is 3.24. The Labute approximate surface area is 115 Å². The summed E-state index contributed by atoms with van der Waals surface area (Å²) >= 11 is 0. The molecule has 2 N–H and O–H groups in total. The molecular formula is C15H14FN3O. The number of pyridine rings is 1. The zero-order chi connectivity index (χ0) is 14.1. The Morgan fingerprint density at radius 1 is 1.30 bits per heavy atom. The second-order valence-electron chi connectivity index (χ2n) is 4.59. The number of hydrogen-bond donors (Lipinski definition) is 2. The van der Waals surface area contributed by atoms with Crippen molar-refractivity contribution in [2.24, 2.45) is 0 Å². The van der Waals surface area contributed by atoms with Crippen LogP contribution in [0, 0.1) is 12.7 Å². The smallest absolute Gasteiger partial charge is 0.166 e. The number of halogens is 1. The van der Waals surface area contributed by atoms with E-state index in [-0.39, 0.29) is 5.75 Å². The maximum atomic E-state index is 13.3. The number of aromatic hydroxyl groups is 1. The summed E-state index contributed by atoms with van der Waals surface area (Å²) in [5.41, 5.74) is 3.46. The van der Waals surface area contributed by atoms with E-state index < -0.39 is 5.82 Å². The van der Waals surface area contributed by atoms with Crippen molar-refractivity contribution in [3.8, 4) is 5.75 Å². The molecule has 0 spiro atoms. The van der Waals surface area contributed by atoms with E-state index in [1.165, 1.54) is 12.1 Å². The third kappa shape index (κ3) is 2.18. The first-order chi connectivity index (χ1) is 9.65. The van der Waals surface area contributed by atoms with Gasteiger partial charge in [-0.2, -0.15) is 0 Å². The summed E-state index contributed by atoms with van der Waals surface area (Å²) in [6, 6.07) is 10.1. The monoisotopic (exact) mass is 271 g/mol. The van der Waals surface area contributed by atoms with E-state index in [1.807, 2.05) is 35.7 Å². The predicted octanol–water partition coefficient (Wildman–Crippen LogP) is 3.10. The predicted molar refractivity (Wildman–Crippen MR) is 75.3 cm³/mol. The van der Waals surface area contributed by atoms with Crippen LogP contribution in [0.15, 0.2) is 42.6 Å². The van der Waals surface area contributed by atoms with Gasteiger partial charge in [0, 0.05) is 18.0 Å². The molecule has 5 heteroatoms. The van der Waals surface area contributed by atoms with Gasteiger partial charge < -0.3 is 14.8 Å². The van der Waals surface area contributed by atoms with Crippen molar-refractivity contribution in [3.63, 3.8) is 0 Å². The summed E-state index contributed by atoms with van der Waals surface area (Å²) in [6.07, 6.45) is 1.95. The second kappa shape index (κ2) is 4.85. The average molecular weight is 271 g/mol. The molecule has 0 amide bonds. The SMILES string of the molecule is Cc1nc2ccccn2c1CNc1ccc(O)c(F)c1. The van der Waals surface area contributed by atoms with Gasteiger partial charge in [0.05, 0.1) is 17.9 Å². The lowest BCUT2D eigenvalue weighted by molar-refractivity contribution is 0.432. The number of nitrogens with zero attached hydrogens (tertiary/aromatic N) is 2. The molecule has 0 aliphatic rings. The molecule has 3 aromatic rings. The molecule has 0 radical (unpaired) electrons. The molecule has 4 nitrogen and oxygen atoms in total. The first kappa shape index (κ1) is 12.5. The largest absolute Gasteiger partial charge is 0.505 e. The molecule has 0 unspecified atom stereocenters. The van der Waals surface area contributed by atoms with Gasteiger partial charge in [0.2, 0.25) is 0 Å². The zero-order valence-corrected chi connectivity index (χ0v) is 11.0. The molecule has 0 saturated carbocycles. The van der Waals surface area contributed by atoms with Crippen molar-refractivity contribution in [3.05, 3.63) is 59.8 Å². The topological polar surface area (TPSA) is 49.6 Å². The van der Waals surface area contributed by atoms with Crippen molar-refractivity contribution in [2.45, 2.75) is 13.5 Å². The molecule has 102 valence electrons. The van der Waals surface area contributed by atoms with Crippen LogP contribution in [0.1, 0.15) is 11.4 Å². The average Bonchev–Trinajstić information content (AvgIpc) is 2.76. The maximum absolute atomic E-state index is 13.3. The number of rotatable bonds is 3. The van der Waals surface area contributed by atoms with Crippen molar-refractivity contribution in [2.75, 3.05) is 5.32 Å². The summed E-state index contributed by atoms with van der Waals surface area (Å²) in [5.74, 6) is -0.980. The van der Waals surface area contributed by atoms with Crippen LogP contribution in [0.3, 0.4) is 0 Å². The van der Waals surface area contributed by atoms with E-state index in [0.29, 0.717) is 12.2 Å². The summed E-state index contributed by atoms with van der Waals surface area (Å²) in [6.45, 7) is 2.47. The van der Waals surface area contributed by atoms with E-state index >= 15 is 0 Å². The van der Waals surface area contributed by atoms with Crippen LogP contribution >= 0.6 is 0 Å². The fraction of sp³-hybridized carbons (Fsp3) is 0.133. The van der Waals surface area contributed by atoms with E-state index in [2.05, 4.69) is 10.3 Å². The van der Waals surface area contributed by atoms with Crippen molar-refractivity contribution < 1.29 is 9.50 Å². The van der Waals surface area contributed by atoms with Crippen molar-refractivity contribution in [1.29, 1.82) is 0 Å². The highest BCUT2D eigenvalue weighted by Crippen LogP contribution is 2.20. The van der Waals surface area contributed by atoms with Crippen LogP contribution in [0.5, 0.6) is 5.75 Å². The molecule has 0 saturated heterocycles. The highest BCUT2D eigenvalue weighted by Gasteiger charge is 2.08. The van der Waals surface area contributed by atoms with Crippen LogP contribution in [-0.2, 0) is 6.54 Å². The summed E-state index contributed by atoms with van der Waals surface area (Å²) in [5, 5.41) is 12.3. The van der Waals surface area contributed by atoms with Gasteiger partial charge in [-0.25, -0.2) is 9.37 Å². The van der Waals surface area contributed by atoms with Gasteiger partial charge in [0.25, 0.3) is 0 Å². The minimum atomic E-state index is -0.634. The van der Waals surface area contributed by atoms with Crippen molar-refractivity contribution in [1.82, 2.24) is 9.38 Å². The molecule has 0 fully saturated rings. The van der Waals surface area contributed by atoms with Gasteiger partial charge in [-0.05, 0) is 31.2 Å². The number of benzene rings is 1. The number of aromatic nitrogens is 2. The zero-order valence-electron chi connectivity index (χ0n) is 11.0. The van der Waals surface area contributed by atoms with Gasteiger partial charge in [-0.3, -0.25) is 0 Å². The number of imidazole rings is 1. The Morgan fingerprint density at radius 3 is 2.95 bits per heavy atom. The number of phenolic OH excluding ortho intramolecular Hbond substituents is 1. The quantitative estimate of drug-likeness (QED) is 0.720. The Hall–Kier alpha value is -2.56. The fourth-order valence-corrected chi connectivity index (χ4v) is 2.18. The fourth-order valence-electron chi connectivity index (χ4n) is 2.18. The highest BCUT2D eigenvalue weighted by atomic mass is 19.1. The van der Waals surface area contributed by atoms with E-state index in [1.54, 1.807) is 6.07 Å². The summed E-state index contributed by atoms with van der Waals surface area (Å²) in [4.78, 5) is 4.47. The molecule has 20 heavy (non-hydrogen) atoms. The lowest BCUT2D eigenvalue weighted by atomic mass is 10.2. The Kier molecular flexibility index (Phi) is 3.02. The Bertz CT molecular complexity index is 767. The Morgan fingerprint density at radius 2 is 2.15 bits per heavy atom. The molecule has 2 aromatic heterocycles. The summed E-state index contributed by atoms with van der Waals surface area (Å²) < 4.78 is 15.3. The summed E-state index contributed by atoms with van der Waals surface area (Å²) in [7, 11) is 0. The van der Waals surface area contributed by atoms with Gasteiger partial charge in [-0.15, -0.1) is 0 Å². The number of phenols is 1. The van der Waals surface area contributed by atoms with Crippen molar-refractivity contribution >= 4 is 11.3 Å². The van der Waals surface area contributed by atoms with E-state index in [4.69, 9.17) is 5.11 Å². The number of nitrogens with one attached hydrogen (secondary N) is 1. The maximum Gasteiger partial charge on any atom is 0.166 e. The first-order valence-electron chi connectivity index (χ1n) is 6.30. The molecule has 0 bridgehead atoms. The van der Waals surface area contributed by atoms with Gasteiger partial charge in [-0.1, -0.05) is 6.07 Å². The first-order valence-corrected chi connectivity index (χ1v) is 6.30. The van der Waals surface area contributed by atoms with Gasteiger partial charge in [0.1, 0.15) is 5.65 Å². The number of hydrogen-bond acceptors (Lipinski definition) is 3. The van der Waals surface area contributed by atoms with Crippen LogP contribution in [0.4, 0.5) is 10.1 Å². The molecule has 0 aliphatic heterocycles. The minimum Gasteiger partial charge on any atom is -0.505 e. The third-order valence-electron chi connectivity index (χ3n) is 3.24. The van der Waals surface area contributed by atoms with E-state index in [0.717, 1.165) is 17.0 Å². The molecule has 1 aromatic carbocycles. The molecule has 0 atom stereocenters.